The van der Waals surface area contributed by atoms with Crippen LogP contribution in [0, 0.1) is 0 Å². The normalized spacial score (nSPS) is 16.2. The summed E-state index contributed by atoms with van der Waals surface area (Å²) in [4.78, 5) is 61.4. The third kappa shape index (κ3) is 6.10. The number of carbonyl (C=O) groups excluding carboxylic acids is 2. The van der Waals surface area contributed by atoms with Gasteiger partial charge < -0.3 is 24.0 Å². The zero-order valence-corrected chi connectivity index (χ0v) is 28.0. The van der Waals surface area contributed by atoms with Crippen LogP contribution in [0.2, 0.25) is 5.02 Å². The van der Waals surface area contributed by atoms with Gasteiger partial charge in [0.2, 0.25) is 5.91 Å². The molecule has 1 aromatic carbocycles. The molecule has 13 nitrogen and oxygen atoms in total. The highest BCUT2D eigenvalue weighted by Gasteiger charge is 2.30. The molecule has 0 atom stereocenters. The number of aromatic amines is 1. The van der Waals surface area contributed by atoms with Gasteiger partial charge in [0.05, 0.1) is 10.9 Å². The summed E-state index contributed by atoms with van der Waals surface area (Å²) in [5, 5.41) is 1.38. The monoisotopic (exact) mass is 671 g/mol. The second-order valence-corrected chi connectivity index (χ2v) is 13.7. The van der Waals surface area contributed by atoms with Gasteiger partial charge in [-0.25, -0.2) is 24.5 Å². The first-order chi connectivity index (χ1) is 23.1. The number of likely N-dealkylation sites (tertiary alicyclic amines) is 1. The lowest BCUT2D eigenvalue weighted by Gasteiger charge is -2.36. The first-order valence-electron chi connectivity index (χ1n) is 16.2. The molecule has 2 aliphatic rings. The molecule has 0 unspecified atom stereocenters. The average Bonchev–Trinajstić information content (AvgIpc) is 3.61. The Morgan fingerprint density at radius 3 is 2.42 bits per heavy atom. The van der Waals surface area contributed by atoms with E-state index in [2.05, 4.69) is 19.9 Å². The average molecular weight is 672 g/mol. The minimum Gasteiger partial charge on any atom is -0.444 e. The van der Waals surface area contributed by atoms with Crippen LogP contribution in [0.1, 0.15) is 39.7 Å². The van der Waals surface area contributed by atoms with E-state index in [-0.39, 0.29) is 30.3 Å². The van der Waals surface area contributed by atoms with Gasteiger partial charge >= 0.3 is 11.8 Å². The standard InChI is InChI=1S/C34H38ClN9O4/c1-34(2,3)48-33(47)42-17-15-41(16-18-42)30-28-24(23-7-4-5-8-25(23)35)19-43(31(28)38-21-37-30)20-27(45)40-13-10-22(11-14-40)44-26-9-6-12-36-29(26)39-32(44)46/h4-9,12,19,21-22H,10-11,13-18,20H2,1-3H3,(H,36,39,46). The van der Waals surface area contributed by atoms with Gasteiger partial charge in [-0.3, -0.25) is 14.3 Å². The van der Waals surface area contributed by atoms with Crippen molar-refractivity contribution in [1.29, 1.82) is 0 Å². The molecule has 2 fully saturated rings. The summed E-state index contributed by atoms with van der Waals surface area (Å²) in [6, 6.07) is 11.3. The van der Waals surface area contributed by atoms with Crippen molar-refractivity contribution in [3.05, 3.63) is 70.6 Å². The Bertz CT molecular complexity index is 2050. The van der Waals surface area contributed by atoms with Crippen LogP contribution < -0.4 is 10.6 Å². The topological polar surface area (TPSA) is 134 Å². The van der Waals surface area contributed by atoms with Gasteiger partial charge in [0.25, 0.3) is 0 Å². The van der Waals surface area contributed by atoms with E-state index >= 15 is 0 Å². The van der Waals surface area contributed by atoms with Crippen LogP contribution in [0.3, 0.4) is 0 Å². The fourth-order valence-electron chi connectivity index (χ4n) is 6.72. The lowest BCUT2D eigenvalue weighted by Crippen LogP contribution is -2.50. The van der Waals surface area contributed by atoms with E-state index in [0.717, 1.165) is 27.8 Å². The van der Waals surface area contributed by atoms with Gasteiger partial charge in [-0.15, -0.1) is 0 Å². The second-order valence-electron chi connectivity index (χ2n) is 13.3. The number of amides is 2. The Labute approximate surface area is 282 Å². The Kier molecular flexibility index (Phi) is 8.32. The third-order valence-corrected chi connectivity index (χ3v) is 9.34. The van der Waals surface area contributed by atoms with E-state index in [1.165, 1.54) is 6.33 Å². The number of H-pyrrole nitrogens is 1. The van der Waals surface area contributed by atoms with Crippen molar-refractivity contribution in [2.75, 3.05) is 44.2 Å². The summed E-state index contributed by atoms with van der Waals surface area (Å²) in [7, 11) is 0. The highest BCUT2D eigenvalue weighted by molar-refractivity contribution is 6.33. The maximum absolute atomic E-state index is 13.8. The quantitative estimate of drug-likeness (QED) is 0.284. The van der Waals surface area contributed by atoms with Gasteiger partial charge in [-0.2, -0.15) is 0 Å². The first-order valence-corrected chi connectivity index (χ1v) is 16.6. The minimum atomic E-state index is -0.568. The van der Waals surface area contributed by atoms with Gasteiger partial charge in [0, 0.05) is 73.9 Å². The minimum absolute atomic E-state index is 0.0233. The zero-order chi connectivity index (χ0) is 33.6. The molecule has 2 amide bonds. The molecular weight excluding hydrogens is 634 g/mol. The van der Waals surface area contributed by atoms with Gasteiger partial charge in [0.1, 0.15) is 29.9 Å². The summed E-state index contributed by atoms with van der Waals surface area (Å²) in [6.07, 6.45) is 6.11. The molecule has 4 aromatic heterocycles. The number of anilines is 1. The van der Waals surface area contributed by atoms with Crippen LogP contribution in [-0.2, 0) is 16.1 Å². The van der Waals surface area contributed by atoms with E-state index in [1.807, 2.05) is 72.8 Å². The number of nitrogens with zero attached hydrogens (tertiary/aromatic N) is 8. The summed E-state index contributed by atoms with van der Waals surface area (Å²) in [6.45, 7) is 8.81. The van der Waals surface area contributed by atoms with Crippen LogP contribution in [-0.4, -0.2) is 95.7 Å². The molecule has 7 rings (SSSR count). The highest BCUT2D eigenvalue weighted by Crippen LogP contribution is 2.39. The molecule has 2 aliphatic heterocycles. The fraction of sp³-hybridized carbons (Fsp3) is 0.412. The van der Waals surface area contributed by atoms with Crippen LogP contribution in [0.25, 0.3) is 33.3 Å². The number of benzene rings is 1. The van der Waals surface area contributed by atoms with E-state index in [1.54, 1.807) is 15.7 Å². The molecule has 0 radical (unpaired) electrons. The third-order valence-electron chi connectivity index (χ3n) is 9.01. The SMILES string of the molecule is CC(C)(C)OC(=O)N1CCN(c2ncnc3c2c(-c2ccccc2Cl)cn3CC(=O)N2CCC(n3c(=O)[nH]c4ncccc43)CC2)CC1. The largest absolute Gasteiger partial charge is 0.444 e. The Morgan fingerprint density at radius 1 is 0.938 bits per heavy atom. The number of ether oxygens (including phenoxy) is 1. The number of hydrogen-bond donors (Lipinski definition) is 1. The zero-order valence-electron chi connectivity index (χ0n) is 27.2. The highest BCUT2D eigenvalue weighted by atomic mass is 35.5. The molecule has 0 saturated carbocycles. The van der Waals surface area contributed by atoms with Crippen molar-refractivity contribution in [3.8, 4) is 11.1 Å². The van der Waals surface area contributed by atoms with Crippen molar-refractivity contribution in [2.24, 2.45) is 0 Å². The summed E-state index contributed by atoms with van der Waals surface area (Å²) < 4.78 is 9.23. The van der Waals surface area contributed by atoms with E-state index < -0.39 is 5.60 Å². The van der Waals surface area contributed by atoms with Crippen LogP contribution in [0.4, 0.5) is 10.6 Å². The number of hydrogen-bond acceptors (Lipinski definition) is 8. The van der Waals surface area contributed by atoms with Crippen molar-refractivity contribution < 1.29 is 14.3 Å². The number of imidazole rings is 1. The summed E-state index contributed by atoms with van der Waals surface area (Å²) in [5.74, 6) is 0.694. The molecule has 0 spiro atoms. The van der Waals surface area contributed by atoms with Gasteiger partial charge in [0.15, 0.2) is 5.65 Å². The van der Waals surface area contributed by atoms with Crippen molar-refractivity contribution in [3.63, 3.8) is 0 Å². The van der Waals surface area contributed by atoms with Gasteiger partial charge in [-0.1, -0.05) is 29.8 Å². The van der Waals surface area contributed by atoms with E-state index in [4.69, 9.17) is 21.3 Å². The number of piperazine rings is 1. The lowest BCUT2D eigenvalue weighted by atomic mass is 10.0. The number of carbonyl (C=O) groups is 2. The number of pyridine rings is 1. The molecule has 5 aromatic rings. The number of halogens is 1. The first kappa shape index (κ1) is 31.7. The fourth-order valence-corrected chi connectivity index (χ4v) is 6.96. The van der Waals surface area contributed by atoms with Crippen LogP contribution in [0.15, 0.2) is 59.9 Å². The van der Waals surface area contributed by atoms with Crippen molar-refractivity contribution in [1.82, 2.24) is 38.9 Å². The van der Waals surface area contributed by atoms with Crippen LogP contribution in [0.5, 0.6) is 0 Å². The number of fused-ring (bicyclic) bond motifs is 2. The summed E-state index contributed by atoms with van der Waals surface area (Å²) >= 11 is 6.72. The maximum Gasteiger partial charge on any atom is 0.410 e. The maximum atomic E-state index is 13.8. The number of piperidine rings is 1. The van der Waals surface area contributed by atoms with E-state index in [0.29, 0.717) is 68.4 Å². The second kappa shape index (κ2) is 12.6. The lowest BCUT2D eigenvalue weighted by molar-refractivity contribution is -0.133. The number of rotatable bonds is 5. The smallest absolute Gasteiger partial charge is 0.410 e. The van der Waals surface area contributed by atoms with Crippen LogP contribution >= 0.6 is 11.6 Å². The molecular formula is C34H38ClN9O4. The molecule has 6 heterocycles. The Morgan fingerprint density at radius 2 is 1.69 bits per heavy atom. The van der Waals surface area contributed by atoms with E-state index in [9.17, 15) is 14.4 Å². The predicted molar refractivity (Wildman–Crippen MR) is 183 cm³/mol. The Balaban J connectivity index is 1.13. The predicted octanol–water partition coefficient (Wildman–Crippen LogP) is 4.71. The Hall–Kier alpha value is -4.91. The summed E-state index contributed by atoms with van der Waals surface area (Å²) in [5.41, 5.74) is 2.88. The molecule has 2 saturated heterocycles. The van der Waals surface area contributed by atoms with Crippen molar-refractivity contribution in [2.45, 2.75) is 51.8 Å². The molecule has 0 aliphatic carbocycles. The van der Waals surface area contributed by atoms with Gasteiger partial charge in [-0.05, 0) is 51.8 Å². The molecule has 1 N–H and O–H groups in total. The number of aromatic nitrogens is 6. The van der Waals surface area contributed by atoms with Crippen molar-refractivity contribution >= 4 is 51.6 Å². The molecule has 14 heteroatoms. The molecule has 0 bridgehead atoms. The molecule has 250 valence electrons. The number of nitrogens with one attached hydrogen (secondary N) is 1. The molecule has 48 heavy (non-hydrogen) atoms.